The van der Waals surface area contributed by atoms with E-state index in [-0.39, 0.29) is 11.4 Å². The lowest BCUT2D eigenvalue weighted by molar-refractivity contribution is 0.0687. The van der Waals surface area contributed by atoms with Gasteiger partial charge >= 0.3 is 5.97 Å². The number of ether oxygens (including phenoxy) is 1. The molecule has 0 spiro atoms. The Morgan fingerprint density at radius 3 is 2.45 bits per heavy atom. The molecule has 0 radical (unpaired) electrons. The SMILES string of the molecule is Bc1nc(C(=O)O)c(O)c2ccc(Oc3ccccc3)cc12. The minimum Gasteiger partial charge on any atom is -0.505 e. The highest BCUT2D eigenvalue weighted by molar-refractivity contribution is 6.37. The molecule has 0 unspecified atom stereocenters. The average Bonchev–Trinajstić information content (AvgIpc) is 2.51. The molecule has 0 fully saturated rings. The molecule has 0 aliphatic rings. The fourth-order valence-corrected chi connectivity index (χ4v) is 2.27. The van der Waals surface area contributed by atoms with Crippen molar-refractivity contribution in [2.75, 3.05) is 0 Å². The first kappa shape index (κ1) is 13.9. The van der Waals surface area contributed by atoms with Crippen LogP contribution in [-0.4, -0.2) is 29.0 Å². The summed E-state index contributed by atoms with van der Waals surface area (Å²) in [4.78, 5) is 15.0. The highest BCUT2D eigenvalue weighted by Crippen LogP contribution is 2.30. The minimum atomic E-state index is -1.26. The van der Waals surface area contributed by atoms with Crippen LogP contribution < -0.4 is 10.3 Å². The maximum atomic E-state index is 11.1. The van der Waals surface area contributed by atoms with Gasteiger partial charge in [-0.3, -0.25) is 4.98 Å². The van der Waals surface area contributed by atoms with Crippen molar-refractivity contribution in [1.82, 2.24) is 4.98 Å². The molecule has 3 aromatic rings. The number of hydrogen-bond donors (Lipinski definition) is 2. The second-order valence-electron chi connectivity index (χ2n) is 4.82. The predicted molar refractivity (Wildman–Crippen MR) is 85.1 cm³/mol. The standard InChI is InChI=1S/C16H12BNO4/c17-15-12-8-10(22-9-4-2-1-3-5-9)6-7-11(12)14(19)13(18-15)16(20)21/h1-8,19H,17H2,(H,20,21). The number of aromatic carboxylic acids is 1. The van der Waals surface area contributed by atoms with E-state index in [0.717, 1.165) is 0 Å². The first-order valence-electron chi connectivity index (χ1n) is 6.66. The number of benzene rings is 2. The zero-order valence-corrected chi connectivity index (χ0v) is 11.8. The molecule has 0 aliphatic carbocycles. The van der Waals surface area contributed by atoms with Crippen LogP contribution >= 0.6 is 0 Å². The lowest BCUT2D eigenvalue weighted by Crippen LogP contribution is -2.15. The summed E-state index contributed by atoms with van der Waals surface area (Å²) < 4.78 is 5.73. The summed E-state index contributed by atoms with van der Waals surface area (Å²) in [5.41, 5.74) is 0.172. The summed E-state index contributed by atoms with van der Waals surface area (Å²) >= 11 is 0. The van der Waals surface area contributed by atoms with E-state index >= 15 is 0 Å². The monoisotopic (exact) mass is 293 g/mol. The van der Waals surface area contributed by atoms with Crippen molar-refractivity contribution < 1.29 is 19.7 Å². The Kier molecular flexibility index (Phi) is 3.43. The van der Waals surface area contributed by atoms with Crippen LogP contribution in [0.2, 0.25) is 0 Å². The molecule has 22 heavy (non-hydrogen) atoms. The number of aromatic hydroxyl groups is 1. The van der Waals surface area contributed by atoms with Crippen molar-refractivity contribution >= 4 is 30.2 Å². The first-order valence-corrected chi connectivity index (χ1v) is 6.66. The van der Waals surface area contributed by atoms with Gasteiger partial charge in [0.15, 0.2) is 19.3 Å². The molecule has 108 valence electrons. The lowest BCUT2D eigenvalue weighted by atomic mass is 9.95. The summed E-state index contributed by atoms with van der Waals surface area (Å²) in [6.07, 6.45) is 0. The highest BCUT2D eigenvalue weighted by atomic mass is 16.5. The normalized spacial score (nSPS) is 10.5. The Hall–Kier alpha value is -3.02. The van der Waals surface area contributed by atoms with Crippen molar-refractivity contribution in [3.8, 4) is 17.2 Å². The van der Waals surface area contributed by atoms with Crippen LogP contribution in [0.3, 0.4) is 0 Å². The summed E-state index contributed by atoms with van der Waals surface area (Å²) in [6.45, 7) is 0. The van der Waals surface area contributed by atoms with Crippen LogP contribution in [0.25, 0.3) is 10.8 Å². The van der Waals surface area contributed by atoms with E-state index in [4.69, 9.17) is 9.84 Å². The van der Waals surface area contributed by atoms with E-state index in [1.54, 1.807) is 26.0 Å². The molecule has 0 aliphatic heterocycles. The minimum absolute atomic E-state index is 0.334. The highest BCUT2D eigenvalue weighted by Gasteiger charge is 2.17. The van der Waals surface area contributed by atoms with Gasteiger partial charge in [0.25, 0.3) is 0 Å². The summed E-state index contributed by atoms with van der Waals surface area (Å²) in [5.74, 6) is -0.309. The molecular weight excluding hydrogens is 281 g/mol. The van der Waals surface area contributed by atoms with E-state index < -0.39 is 5.97 Å². The molecule has 1 heterocycles. The molecular formula is C16H12BNO4. The van der Waals surface area contributed by atoms with Gasteiger partial charge in [-0.05, 0) is 30.3 Å². The van der Waals surface area contributed by atoms with Gasteiger partial charge in [-0.1, -0.05) is 18.2 Å². The molecule has 0 bridgehead atoms. The molecule has 3 rings (SSSR count). The number of pyridine rings is 1. The van der Waals surface area contributed by atoms with E-state index in [2.05, 4.69) is 4.98 Å². The third kappa shape index (κ3) is 2.46. The summed E-state index contributed by atoms with van der Waals surface area (Å²) in [7, 11) is 1.69. The number of hydrogen-bond acceptors (Lipinski definition) is 4. The zero-order chi connectivity index (χ0) is 15.7. The van der Waals surface area contributed by atoms with Gasteiger partial charge in [-0.25, -0.2) is 4.79 Å². The maximum absolute atomic E-state index is 11.1. The topological polar surface area (TPSA) is 79.7 Å². The molecule has 5 nitrogen and oxygen atoms in total. The van der Waals surface area contributed by atoms with Gasteiger partial charge in [0, 0.05) is 16.4 Å². The number of para-hydroxylation sites is 1. The third-order valence-electron chi connectivity index (χ3n) is 3.32. The smallest absolute Gasteiger partial charge is 0.358 e. The Labute approximate surface area is 127 Å². The second kappa shape index (κ2) is 5.40. The van der Waals surface area contributed by atoms with Gasteiger partial charge in [0.05, 0.1) is 0 Å². The molecule has 6 heteroatoms. The van der Waals surface area contributed by atoms with E-state index in [0.29, 0.717) is 27.9 Å². The second-order valence-corrected chi connectivity index (χ2v) is 4.82. The van der Waals surface area contributed by atoms with Crippen molar-refractivity contribution in [2.45, 2.75) is 0 Å². The zero-order valence-electron chi connectivity index (χ0n) is 11.8. The van der Waals surface area contributed by atoms with Gasteiger partial charge < -0.3 is 14.9 Å². The van der Waals surface area contributed by atoms with E-state index in [1.807, 2.05) is 30.3 Å². The predicted octanol–water partition coefficient (Wildman–Crippen LogP) is 1.69. The Balaban J connectivity index is 2.09. The molecule has 2 aromatic carbocycles. The summed E-state index contributed by atoms with van der Waals surface area (Å²) in [5, 5.41) is 20.2. The Bertz CT molecular complexity index is 865. The average molecular weight is 293 g/mol. The fourth-order valence-electron chi connectivity index (χ4n) is 2.27. The van der Waals surface area contributed by atoms with Gasteiger partial charge in [-0.15, -0.1) is 0 Å². The van der Waals surface area contributed by atoms with Crippen LogP contribution in [0.15, 0.2) is 48.5 Å². The molecule has 2 N–H and O–H groups in total. The maximum Gasteiger partial charge on any atom is 0.358 e. The van der Waals surface area contributed by atoms with E-state index in [1.165, 1.54) is 0 Å². The van der Waals surface area contributed by atoms with Crippen LogP contribution in [0, 0.1) is 0 Å². The van der Waals surface area contributed by atoms with Gasteiger partial charge in [-0.2, -0.15) is 0 Å². The van der Waals surface area contributed by atoms with Crippen molar-refractivity contribution in [2.24, 2.45) is 0 Å². The van der Waals surface area contributed by atoms with Crippen LogP contribution in [-0.2, 0) is 0 Å². The quantitative estimate of drug-likeness (QED) is 0.718. The number of aromatic nitrogens is 1. The number of fused-ring (bicyclic) bond motifs is 1. The van der Waals surface area contributed by atoms with Crippen molar-refractivity contribution in [1.29, 1.82) is 0 Å². The number of nitrogens with zero attached hydrogens (tertiary/aromatic N) is 1. The molecule has 0 amide bonds. The molecule has 0 saturated carbocycles. The Morgan fingerprint density at radius 2 is 1.77 bits per heavy atom. The van der Waals surface area contributed by atoms with E-state index in [9.17, 15) is 9.90 Å². The van der Waals surface area contributed by atoms with Crippen LogP contribution in [0.5, 0.6) is 17.2 Å². The summed E-state index contributed by atoms with van der Waals surface area (Å²) in [6, 6.07) is 14.3. The third-order valence-corrected chi connectivity index (χ3v) is 3.32. The Morgan fingerprint density at radius 1 is 1.05 bits per heavy atom. The van der Waals surface area contributed by atoms with Crippen molar-refractivity contribution in [3.63, 3.8) is 0 Å². The van der Waals surface area contributed by atoms with Crippen LogP contribution in [0.1, 0.15) is 10.5 Å². The van der Waals surface area contributed by atoms with Crippen LogP contribution in [0.4, 0.5) is 0 Å². The molecule has 0 saturated heterocycles. The lowest BCUT2D eigenvalue weighted by Gasteiger charge is -2.10. The first-order chi connectivity index (χ1) is 10.6. The molecule has 1 aromatic heterocycles. The molecule has 0 atom stereocenters. The largest absolute Gasteiger partial charge is 0.505 e. The van der Waals surface area contributed by atoms with Crippen molar-refractivity contribution in [3.05, 3.63) is 54.2 Å². The fraction of sp³-hybridized carbons (Fsp3) is 0. The number of carboxylic acids is 1. The number of carbonyl (C=O) groups is 1. The van der Waals surface area contributed by atoms with Gasteiger partial charge in [0.1, 0.15) is 11.5 Å². The number of carboxylic acid groups (broad SMARTS) is 1. The van der Waals surface area contributed by atoms with Gasteiger partial charge in [0.2, 0.25) is 0 Å². The number of rotatable bonds is 3.